The van der Waals surface area contributed by atoms with Gasteiger partial charge in [0.1, 0.15) is 6.61 Å². The maximum atomic E-state index is 12.5. The molecule has 0 aliphatic carbocycles. The second-order valence-electron chi connectivity index (χ2n) is 8.41. The number of nitrogens with zero attached hydrogens (tertiary/aromatic N) is 3. The topological polar surface area (TPSA) is 71.2 Å². The first-order valence-electron chi connectivity index (χ1n) is 10.5. The molecule has 3 rings (SSSR count). The Morgan fingerprint density at radius 2 is 2.00 bits per heavy atom. The molecule has 174 valence electrons. The number of hydrogen-bond acceptors (Lipinski definition) is 5. The van der Waals surface area contributed by atoms with Crippen molar-refractivity contribution in [2.75, 3.05) is 45.1 Å². The van der Waals surface area contributed by atoms with Crippen LogP contribution >= 0.6 is 0 Å². The molecule has 6 nitrogen and oxygen atoms in total. The van der Waals surface area contributed by atoms with E-state index >= 15 is 0 Å². The number of alkyl halides is 3. The van der Waals surface area contributed by atoms with E-state index in [4.69, 9.17) is 10.5 Å². The summed E-state index contributed by atoms with van der Waals surface area (Å²) in [5.41, 5.74) is 6.46. The van der Waals surface area contributed by atoms with Gasteiger partial charge < -0.3 is 20.3 Å². The van der Waals surface area contributed by atoms with Gasteiger partial charge in [0.25, 0.3) is 0 Å². The number of nitrogens with two attached hydrogens (primary N) is 1. The van der Waals surface area contributed by atoms with Crippen LogP contribution in [0.1, 0.15) is 18.4 Å². The van der Waals surface area contributed by atoms with Gasteiger partial charge in [0.05, 0.1) is 30.0 Å². The van der Waals surface area contributed by atoms with E-state index in [1.54, 1.807) is 4.90 Å². The molecule has 2 aliphatic rings. The van der Waals surface area contributed by atoms with Gasteiger partial charge in [-0.3, -0.25) is 9.79 Å². The van der Waals surface area contributed by atoms with Crippen molar-refractivity contribution in [2.24, 2.45) is 4.99 Å². The summed E-state index contributed by atoms with van der Waals surface area (Å²) < 4.78 is 43.6. The highest BCUT2D eigenvalue weighted by molar-refractivity contribution is 5.81. The molecule has 9 heteroatoms. The minimum absolute atomic E-state index is 0.0461. The lowest BCUT2D eigenvalue weighted by molar-refractivity contribution is -0.170. The summed E-state index contributed by atoms with van der Waals surface area (Å²) in [4.78, 5) is 20.0. The van der Waals surface area contributed by atoms with Crippen molar-refractivity contribution in [1.29, 1.82) is 0 Å². The predicted octanol–water partition coefficient (Wildman–Crippen LogP) is 3.21. The summed E-state index contributed by atoms with van der Waals surface area (Å²) in [6.07, 6.45) is -1.45. The van der Waals surface area contributed by atoms with Crippen molar-refractivity contribution >= 4 is 17.8 Å². The van der Waals surface area contributed by atoms with Gasteiger partial charge in [-0.15, -0.1) is 0 Å². The quantitative estimate of drug-likeness (QED) is 0.512. The number of piperidine rings is 1. The molecule has 2 N–H and O–H groups in total. The second-order valence-corrected chi connectivity index (χ2v) is 8.41. The van der Waals surface area contributed by atoms with Crippen LogP contribution in [0, 0.1) is 0 Å². The third kappa shape index (κ3) is 6.43. The highest BCUT2D eigenvalue weighted by Crippen LogP contribution is 2.31. The molecule has 2 fully saturated rings. The Labute approximate surface area is 186 Å². The molecule has 0 radical (unpaired) electrons. The molecule has 0 unspecified atom stereocenters. The highest BCUT2D eigenvalue weighted by Gasteiger charge is 2.42. The third-order valence-electron chi connectivity index (χ3n) is 5.91. The maximum Gasteiger partial charge on any atom is 0.417 e. The van der Waals surface area contributed by atoms with E-state index in [-0.39, 0.29) is 24.8 Å². The number of likely N-dealkylation sites (tertiary alicyclic amines) is 1. The molecule has 0 saturated carbocycles. The third-order valence-corrected chi connectivity index (χ3v) is 5.91. The average Bonchev–Trinajstić information content (AvgIpc) is 2.74. The van der Waals surface area contributed by atoms with E-state index in [0.29, 0.717) is 12.8 Å². The molecular formula is C23H29F3N4O2. The number of amides is 1. The standard InChI is InChI=1S/C23H29F3N4O2/c1-17(23(24,25)26)13-28-18(2)14-30-16-22(32-15-21(30)31)7-10-29(11-8-22)9-6-19-4-3-5-20(27)12-19/h3-5,12-13H,1-2,6-11,14-16,27H2. The number of aliphatic imine (C=N–C) groups is 1. The van der Waals surface area contributed by atoms with Gasteiger partial charge in [0.15, 0.2) is 0 Å². The predicted molar refractivity (Wildman–Crippen MR) is 118 cm³/mol. The van der Waals surface area contributed by atoms with Crippen molar-refractivity contribution in [2.45, 2.75) is 31.0 Å². The molecule has 0 aromatic heterocycles. The van der Waals surface area contributed by atoms with Crippen LogP contribution in [-0.4, -0.2) is 73.0 Å². The molecule has 1 amide bonds. The molecule has 1 spiro atoms. The van der Waals surface area contributed by atoms with Crippen LogP contribution in [0.15, 0.2) is 53.7 Å². The summed E-state index contributed by atoms with van der Waals surface area (Å²) in [6.45, 7) is 9.62. The number of carbonyl (C=O) groups is 1. The Hall–Kier alpha value is -2.65. The number of anilines is 1. The highest BCUT2D eigenvalue weighted by atomic mass is 19.4. The summed E-state index contributed by atoms with van der Waals surface area (Å²) in [6, 6.07) is 7.87. The average molecular weight is 451 g/mol. The van der Waals surface area contributed by atoms with Gasteiger partial charge in [-0.25, -0.2) is 0 Å². The van der Waals surface area contributed by atoms with Crippen molar-refractivity contribution in [1.82, 2.24) is 9.80 Å². The first kappa shape index (κ1) is 24.0. The smallest absolute Gasteiger partial charge is 0.399 e. The lowest BCUT2D eigenvalue weighted by atomic mass is 9.89. The van der Waals surface area contributed by atoms with Crippen LogP contribution in [0.5, 0.6) is 0 Å². The summed E-state index contributed by atoms with van der Waals surface area (Å²) in [5, 5.41) is 0. The zero-order valence-corrected chi connectivity index (χ0v) is 18.0. The number of allylic oxidation sites excluding steroid dienone is 1. The molecule has 0 bridgehead atoms. The summed E-state index contributed by atoms with van der Waals surface area (Å²) in [5.74, 6) is -0.217. The normalized spacial score (nSPS) is 19.6. The van der Waals surface area contributed by atoms with Crippen LogP contribution in [0.3, 0.4) is 0 Å². The van der Waals surface area contributed by atoms with Gasteiger partial charge in [0, 0.05) is 31.5 Å². The first-order valence-corrected chi connectivity index (χ1v) is 10.5. The van der Waals surface area contributed by atoms with Crippen molar-refractivity contribution in [3.8, 4) is 0 Å². The summed E-state index contributed by atoms with van der Waals surface area (Å²) >= 11 is 0. The number of benzene rings is 1. The molecule has 1 aromatic rings. The Morgan fingerprint density at radius 3 is 2.66 bits per heavy atom. The number of carbonyl (C=O) groups excluding carboxylic acids is 1. The van der Waals surface area contributed by atoms with Gasteiger partial charge >= 0.3 is 6.18 Å². The molecule has 2 aliphatic heterocycles. The van der Waals surface area contributed by atoms with E-state index in [9.17, 15) is 18.0 Å². The Balaban J connectivity index is 1.50. The number of hydrogen-bond donors (Lipinski definition) is 1. The lowest BCUT2D eigenvalue weighted by Gasteiger charge is -2.47. The maximum absolute atomic E-state index is 12.5. The zero-order valence-electron chi connectivity index (χ0n) is 18.0. The molecule has 0 atom stereocenters. The fourth-order valence-electron chi connectivity index (χ4n) is 3.96. The Kier molecular flexibility index (Phi) is 7.40. The van der Waals surface area contributed by atoms with Crippen molar-refractivity contribution in [3.63, 3.8) is 0 Å². The van der Waals surface area contributed by atoms with Gasteiger partial charge in [-0.05, 0) is 37.0 Å². The van der Waals surface area contributed by atoms with E-state index < -0.39 is 17.4 Å². The Bertz CT molecular complexity index is 889. The van der Waals surface area contributed by atoms with Gasteiger partial charge in [-0.2, -0.15) is 13.2 Å². The zero-order chi connectivity index (χ0) is 23.4. The van der Waals surface area contributed by atoms with Crippen LogP contribution in [0.2, 0.25) is 0 Å². The fourth-order valence-corrected chi connectivity index (χ4v) is 3.96. The number of halogens is 3. The minimum Gasteiger partial charge on any atom is -0.399 e. The monoisotopic (exact) mass is 450 g/mol. The van der Waals surface area contributed by atoms with Crippen LogP contribution < -0.4 is 5.73 Å². The number of ether oxygens (including phenoxy) is 1. The van der Waals surface area contributed by atoms with Crippen LogP contribution in [-0.2, 0) is 16.0 Å². The summed E-state index contributed by atoms with van der Waals surface area (Å²) in [7, 11) is 0. The van der Waals surface area contributed by atoms with Crippen LogP contribution in [0.4, 0.5) is 18.9 Å². The fraction of sp³-hybridized carbons (Fsp3) is 0.478. The molecule has 32 heavy (non-hydrogen) atoms. The lowest BCUT2D eigenvalue weighted by Crippen LogP contribution is -2.59. The van der Waals surface area contributed by atoms with E-state index in [1.807, 2.05) is 18.2 Å². The first-order chi connectivity index (χ1) is 15.1. The second kappa shape index (κ2) is 9.87. The minimum atomic E-state index is -4.54. The largest absolute Gasteiger partial charge is 0.417 e. The van der Waals surface area contributed by atoms with E-state index in [2.05, 4.69) is 29.1 Å². The number of nitrogen functional groups attached to an aromatic ring is 1. The van der Waals surface area contributed by atoms with E-state index in [1.165, 1.54) is 5.56 Å². The molecule has 2 saturated heterocycles. The van der Waals surface area contributed by atoms with Crippen LogP contribution in [0.25, 0.3) is 0 Å². The van der Waals surface area contributed by atoms with E-state index in [0.717, 1.165) is 44.6 Å². The van der Waals surface area contributed by atoms with Crippen molar-refractivity contribution < 1.29 is 22.7 Å². The Morgan fingerprint density at radius 1 is 1.28 bits per heavy atom. The molecule has 2 heterocycles. The van der Waals surface area contributed by atoms with Gasteiger partial charge in [0.2, 0.25) is 5.91 Å². The number of morpholine rings is 1. The SMILES string of the molecule is C=C(CN1CC2(CCN(CCc3cccc(N)c3)CC2)OCC1=O)N=CC(=C)C(F)(F)F. The van der Waals surface area contributed by atoms with Crippen molar-refractivity contribution in [3.05, 3.63) is 54.3 Å². The van der Waals surface area contributed by atoms with Gasteiger partial charge in [-0.1, -0.05) is 25.3 Å². The number of rotatable bonds is 7. The molecule has 1 aromatic carbocycles. The molecular weight excluding hydrogens is 421 g/mol.